The lowest BCUT2D eigenvalue weighted by Gasteiger charge is -2.26. The second kappa shape index (κ2) is 5.04. The summed E-state index contributed by atoms with van der Waals surface area (Å²) in [4.78, 5) is 2.39. The van der Waals surface area contributed by atoms with Gasteiger partial charge < -0.3 is 4.90 Å². The summed E-state index contributed by atoms with van der Waals surface area (Å²) >= 11 is 4.40. The fraction of sp³-hybridized carbons (Fsp3) is 0.909. The topological polar surface area (TPSA) is 27.0 Å². The van der Waals surface area contributed by atoms with Crippen LogP contribution in [0.1, 0.15) is 26.7 Å². The van der Waals surface area contributed by atoms with Crippen molar-refractivity contribution < 1.29 is 0 Å². The van der Waals surface area contributed by atoms with Crippen molar-refractivity contribution in [3.63, 3.8) is 0 Å². The van der Waals surface area contributed by atoms with Crippen molar-refractivity contribution in [1.82, 2.24) is 4.90 Å². The molecule has 2 nitrogen and oxygen atoms in total. The van der Waals surface area contributed by atoms with Gasteiger partial charge in [0.05, 0.1) is 12.0 Å². The Balaban J connectivity index is 2.36. The monoisotopic (exact) mass is 212 g/mol. The minimum absolute atomic E-state index is 0.144. The van der Waals surface area contributed by atoms with Crippen LogP contribution in [-0.2, 0) is 0 Å². The first kappa shape index (κ1) is 11.9. The molecule has 1 atom stereocenters. The zero-order valence-electron chi connectivity index (χ0n) is 9.16. The van der Waals surface area contributed by atoms with Crippen molar-refractivity contribution in [3.05, 3.63) is 0 Å². The molecule has 1 saturated carbocycles. The molecule has 1 aliphatic carbocycles. The summed E-state index contributed by atoms with van der Waals surface area (Å²) < 4.78 is 0. The molecule has 3 heteroatoms. The highest BCUT2D eigenvalue weighted by Gasteiger charge is 2.42. The Morgan fingerprint density at radius 3 is 2.57 bits per heavy atom. The van der Waals surface area contributed by atoms with Crippen LogP contribution >= 0.6 is 12.6 Å². The maximum absolute atomic E-state index is 8.76. The second-order valence-corrected chi connectivity index (χ2v) is 4.83. The van der Waals surface area contributed by atoms with Crippen LogP contribution in [0, 0.1) is 22.7 Å². The Kier molecular flexibility index (Phi) is 4.28. The molecule has 0 aromatic rings. The van der Waals surface area contributed by atoms with Crippen molar-refractivity contribution in [2.75, 3.05) is 25.4 Å². The molecule has 80 valence electrons. The third-order valence-electron chi connectivity index (χ3n) is 3.05. The Bertz CT molecular complexity index is 218. The molecule has 1 aliphatic rings. The van der Waals surface area contributed by atoms with Gasteiger partial charge in [-0.2, -0.15) is 17.9 Å². The van der Waals surface area contributed by atoms with Crippen molar-refractivity contribution in [1.29, 1.82) is 5.26 Å². The number of hydrogen-bond acceptors (Lipinski definition) is 3. The van der Waals surface area contributed by atoms with Gasteiger partial charge in [0, 0.05) is 13.1 Å². The van der Waals surface area contributed by atoms with Gasteiger partial charge in [0.1, 0.15) is 0 Å². The summed E-state index contributed by atoms with van der Waals surface area (Å²) in [6, 6.07) is 2.29. The first-order chi connectivity index (χ1) is 6.65. The van der Waals surface area contributed by atoms with E-state index in [1.165, 1.54) is 12.8 Å². The van der Waals surface area contributed by atoms with Crippen molar-refractivity contribution in [3.8, 4) is 6.07 Å². The van der Waals surface area contributed by atoms with Gasteiger partial charge in [-0.3, -0.25) is 0 Å². The molecular formula is C11H20N2S. The maximum Gasteiger partial charge on any atom is 0.0666 e. The van der Waals surface area contributed by atoms with Gasteiger partial charge in [0.2, 0.25) is 0 Å². The largest absolute Gasteiger partial charge is 0.302 e. The molecule has 0 saturated heterocycles. The lowest BCUT2D eigenvalue weighted by molar-refractivity contribution is 0.226. The first-order valence-corrected chi connectivity index (χ1v) is 6.02. The van der Waals surface area contributed by atoms with E-state index in [-0.39, 0.29) is 5.92 Å². The maximum atomic E-state index is 8.76. The quantitative estimate of drug-likeness (QED) is 0.683. The van der Waals surface area contributed by atoms with Crippen molar-refractivity contribution in [2.45, 2.75) is 26.7 Å². The summed E-state index contributed by atoms with van der Waals surface area (Å²) in [6.45, 7) is 7.23. The van der Waals surface area contributed by atoms with Crippen LogP contribution in [0.4, 0.5) is 0 Å². The average molecular weight is 212 g/mol. The van der Waals surface area contributed by atoms with Gasteiger partial charge in [-0.15, -0.1) is 0 Å². The molecule has 0 heterocycles. The normalized spacial score (nSPS) is 20.5. The smallest absolute Gasteiger partial charge is 0.0666 e. The molecular weight excluding hydrogens is 192 g/mol. The molecule has 0 spiro atoms. The molecule has 0 aromatic heterocycles. The van der Waals surface area contributed by atoms with Gasteiger partial charge >= 0.3 is 0 Å². The number of hydrogen-bond donors (Lipinski definition) is 1. The van der Waals surface area contributed by atoms with E-state index in [1.54, 1.807) is 0 Å². The summed E-state index contributed by atoms with van der Waals surface area (Å²) in [5, 5.41) is 8.76. The molecule has 14 heavy (non-hydrogen) atoms. The van der Waals surface area contributed by atoms with Gasteiger partial charge in [0.25, 0.3) is 0 Å². The fourth-order valence-electron chi connectivity index (χ4n) is 1.75. The fourth-order valence-corrected chi connectivity index (χ4v) is 2.17. The molecule has 0 radical (unpaired) electrons. The number of thiol groups is 1. The summed E-state index contributed by atoms with van der Waals surface area (Å²) in [7, 11) is 0. The molecule has 0 amide bonds. The third kappa shape index (κ3) is 3.18. The minimum Gasteiger partial charge on any atom is -0.302 e. The van der Waals surface area contributed by atoms with Crippen LogP contribution < -0.4 is 0 Å². The van der Waals surface area contributed by atoms with E-state index < -0.39 is 0 Å². The lowest BCUT2D eigenvalue weighted by Crippen LogP contribution is -2.34. The van der Waals surface area contributed by atoms with Gasteiger partial charge in [-0.1, -0.05) is 6.92 Å². The Hall–Kier alpha value is -0.200. The van der Waals surface area contributed by atoms with Gasteiger partial charge in [-0.05, 0) is 37.5 Å². The van der Waals surface area contributed by atoms with Crippen LogP contribution in [0.25, 0.3) is 0 Å². The van der Waals surface area contributed by atoms with E-state index in [1.807, 2.05) is 6.92 Å². The van der Waals surface area contributed by atoms with Crippen LogP contribution in [0.2, 0.25) is 0 Å². The van der Waals surface area contributed by atoms with Gasteiger partial charge in [-0.25, -0.2) is 0 Å². The Labute approximate surface area is 92.7 Å². The highest BCUT2D eigenvalue weighted by atomic mass is 32.1. The van der Waals surface area contributed by atoms with Crippen LogP contribution in [0.5, 0.6) is 0 Å². The summed E-state index contributed by atoms with van der Waals surface area (Å²) in [5.74, 6) is 1.13. The van der Waals surface area contributed by atoms with E-state index in [0.717, 1.165) is 25.4 Å². The molecule has 1 fully saturated rings. The number of nitrogens with zero attached hydrogens (tertiary/aromatic N) is 2. The van der Waals surface area contributed by atoms with E-state index >= 15 is 0 Å². The van der Waals surface area contributed by atoms with E-state index in [0.29, 0.717) is 5.41 Å². The predicted molar refractivity (Wildman–Crippen MR) is 62.4 cm³/mol. The van der Waals surface area contributed by atoms with E-state index in [4.69, 9.17) is 5.26 Å². The molecule has 0 bridgehead atoms. The first-order valence-electron chi connectivity index (χ1n) is 5.38. The van der Waals surface area contributed by atoms with Crippen molar-refractivity contribution in [2.24, 2.45) is 11.3 Å². The van der Waals surface area contributed by atoms with Gasteiger partial charge in [0.15, 0.2) is 0 Å². The Morgan fingerprint density at radius 1 is 1.57 bits per heavy atom. The molecule has 1 rings (SSSR count). The number of nitriles is 1. The van der Waals surface area contributed by atoms with Crippen LogP contribution in [0.15, 0.2) is 0 Å². The Morgan fingerprint density at radius 2 is 2.21 bits per heavy atom. The highest BCUT2D eigenvalue weighted by Crippen LogP contribution is 2.47. The average Bonchev–Trinajstić information content (AvgIpc) is 2.97. The zero-order valence-corrected chi connectivity index (χ0v) is 10.1. The van der Waals surface area contributed by atoms with Crippen LogP contribution in [-0.4, -0.2) is 30.3 Å². The van der Waals surface area contributed by atoms with Crippen LogP contribution in [0.3, 0.4) is 0 Å². The standard InChI is InChI=1S/C11H20N2S/c1-3-13(7-10(2)6-12)8-11(9-14)4-5-11/h10,14H,3-5,7-9H2,1-2H3. The second-order valence-electron chi connectivity index (χ2n) is 4.52. The SMILES string of the molecule is CCN(CC(C)C#N)CC1(CS)CC1. The molecule has 0 aromatic carbocycles. The number of rotatable bonds is 6. The lowest BCUT2D eigenvalue weighted by atomic mass is 10.1. The summed E-state index contributed by atoms with van der Waals surface area (Å²) in [6.07, 6.45) is 2.63. The molecule has 0 N–H and O–H groups in total. The summed E-state index contributed by atoms with van der Waals surface area (Å²) in [5.41, 5.74) is 0.480. The molecule has 1 unspecified atom stereocenters. The molecule has 0 aliphatic heterocycles. The minimum atomic E-state index is 0.144. The zero-order chi connectivity index (χ0) is 10.6. The van der Waals surface area contributed by atoms with E-state index in [2.05, 4.69) is 30.5 Å². The van der Waals surface area contributed by atoms with E-state index in [9.17, 15) is 0 Å². The van der Waals surface area contributed by atoms with Crippen molar-refractivity contribution >= 4 is 12.6 Å². The predicted octanol–water partition coefficient (Wildman–Crippen LogP) is 2.18. The highest BCUT2D eigenvalue weighted by molar-refractivity contribution is 7.80. The third-order valence-corrected chi connectivity index (χ3v) is 3.72.